The summed E-state index contributed by atoms with van der Waals surface area (Å²) in [6.45, 7) is 2.00. The van der Waals surface area contributed by atoms with Crippen molar-refractivity contribution in [2.24, 2.45) is 0 Å². The Kier molecular flexibility index (Phi) is 2.93. The molecule has 3 atom stereocenters. The topological polar surface area (TPSA) is 61.3 Å². The summed E-state index contributed by atoms with van der Waals surface area (Å²) in [5.74, 6) is 1.13. The van der Waals surface area contributed by atoms with E-state index in [4.69, 9.17) is 4.98 Å². The van der Waals surface area contributed by atoms with Crippen molar-refractivity contribution in [1.29, 1.82) is 0 Å². The third-order valence-electron chi connectivity index (χ3n) is 5.44. The molecule has 5 heterocycles. The number of aromatic nitrogens is 2. The van der Waals surface area contributed by atoms with E-state index in [1.54, 1.807) is 6.33 Å². The molecule has 3 aliphatic rings. The van der Waals surface area contributed by atoms with Crippen LogP contribution in [0.5, 0.6) is 0 Å². The Balaban J connectivity index is 1.67. The molecule has 2 aromatic rings. The lowest BCUT2D eigenvalue weighted by atomic mass is 9.98. The molecule has 0 spiro atoms. The molecule has 6 heteroatoms. The Hall–Kier alpha value is -1.24. The van der Waals surface area contributed by atoms with Crippen molar-refractivity contribution in [1.82, 2.24) is 15.3 Å². The summed E-state index contributed by atoms with van der Waals surface area (Å²) in [5.41, 5.74) is 1.46. The van der Waals surface area contributed by atoms with E-state index in [1.165, 1.54) is 28.7 Å². The molecule has 0 aromatic carbocycles. The molecule has 2 fully saturated rings. The molecule has 0 saturated carbocycles. The predicted octanol–water partition coefficient (Wildman–Crippen LogP) is 1.83. The minimum absolute atomic E-state index is 0.133. The zero-order chi connectivity index (χ0) is 14.7. The van der Waals surface area contributed by atoms with Crippen molar-refractivity contribution in [3.63, 3.8) is 0 Å². The number of rotatable bonds is 1. The van der Waals surface area contributed by atoms with Gasteiger partial charge < -0.3 is 15.3 Å². The van der Waals surface area contributed by atoms with Crippen LogP contribution in [0, 0.1) is 0 Å². The van der Waals surface area contributed by atoms with Crippen LogP contribution in [0.1, 0.15) is 36.1 Å². The Morgan fingerprint density at radius 2 is 2.05 bits per heavy atom. The summed E-state index contributed by atoms with van der Waals surface area (Å²) in [6.07, 6.45) is 6.79. The molecule has 5 nitrogen and oxygen atoms in total. The molecule has 0 aliphatic carbocycles. The SMILES string of the molecule is OC1C[C@H]2CC[C@@H](C1)N2c1ncnc2sc3c(c12)CCNC3. The molecule has 22 heavy (non-hydrogen) atoms. The molecule has 2 saturated heterocycles. The van der Waals surface area contributed by atoms with E-state index in [0.717, 1.165) is 43.0 Å². The second-order valence-electron chi connectivity index (χ2n) is 6.73. The van der Waals surface area contributed by atoms with Gasteiger partial charge in [0.15, 0.2) is 0 Å². The molecular formula is C16H20N4OS. The van der Waals surface area contributed by atoms with E-state index >= 15 is 0 Å². The van der Waals surface area contributed by atoms with Crippen LogP contribution < -0.4 is 10.2 Å². The number of thiophene rings is 1. The lowest BCUT2D eigenvalue weighted by Gasteiger charge is -2.38. The van der Waals surface area contributed by atoms with Crippen molar-refractivity contribution in [3.05, 3.63) is 16.8 Å². The lowest BCUT2D eigenvalue weighted by Crippen LogP contribution is -2.45. The first kappa shape index (κ1) is 13.2. The summed E-state index contributed by atoms with van der Waals surface area (Å²) in [5, 5.41) is 14.8. The van der Waals surface area contributed by atoms with Gasteiger partial charge in [0, 0.05) is 23.5 Å². The maximum absolute atomic E-state index is 10.1. The zero-order valence-corrected chi connectivity index (χ0v) is 13.3. The van der Waals surface area contributed by atoms with E-state index in [1.807, 2.05) is 11.3 Å². The maximum Gasteiger partial charge on any atom is 0.141 e. The predicted molar refractivity (Wildman–Crippen MR) is 87.4 cm³/mol. The number of anilines is 1. The number of aliphatic hydroxyl groups is 1. The fourth-order valence-corrected chi connectivity index (χ4v) is 5.68. The molecular weight excluding hydrogens is 296 g/mol. The molecule has 1 unspecified atom stereocenters. The van der Waals surface area contributed by atoms with Gasteiger partial charge in [0.05, 0.1) is 11.5 Å². The second-order valence-corrected chi connectivity index (χ2v) is 7.81. The van der Waals surface area contributed by atoms with Crippen molar-refractivity contribution in [2.45, 2.75) is 56.8 Å². The van der Waals surface area contributed by atoms with Crippen molar-refractivity contribution in [2.75, 3.05) is 11.4 Å². The quantitative estimate of drug-likeness (QED) is 0.840. The first-order valence-corrected chi connectivity index (χ1v) is 9.05. The van der Waals surface area contributed by atoms with Gasteiger partial charge in [-0.1, -0.05) is 0 Å². The minimum Gasteiger partial charge on any atom is -0.393 e. The highest BCUT2D eigenvalue weighted by molar-refractivity contribution is 7.19. The Morgan fingerprint density at radius 1 is 1.23 bits per heavy atom. The van der Waals surface area contributed by atoms with Gasteiger partial charge in [-0.25, -0.2) is 9.97 Å². The van der Waals surface area contributed by atoms with Gasteiger partial charge in [-0.15, -0.1) is 11.3 Å². The van der Waals surface area contributed by atoms with Crippen LogP contribution in [0.2, 0.25) is 0 Å². The Morgan fingerprint density at radius 3 is 2.86 bits per heavy atom. The average molecular weight is 316 g/mol. The molecule has 116 valence electrons. The number of fused-ring (bicyclic) bond motifs is 5. The van der Waals surface area contributed by atoms with Crippen LogP contribution in [0.4, 0.5) is 5.82 Å². The molecule has 2 N–H and O–H groups in total. The van der Waals surface area contributed by atoms with E-state index in [9.17, 15) is 5.11 Å². The van der Waals surface area contributed by atoms with Gasteiger partial charge in [0.2, 0.25) is 0 Å². The molecule has 5 rings (SSSR count). The molecule has 0 amide bonds. The van der Waals surface area contributed by atoms with Crippen LogP contribution in [0.3, 0.4) is 0 Å². The number of piperidine rings is 1. The summed E-state index contributed by atoms with van der Waals surface area (Å²) in [6, 6.07) is 0.897. The molecule has 2 aromatic heterocycles. The first-order valence-electron chi connectivity index (χ1n) is 8.23. The molecule has 0 radical (unpaired) electrons. The zero-order valence-electron chi connectivity index (χ0n) is 12.5. The maximum atomic E-state index is 10.1. The van der Waals surface area contributed by atoms with Crippen molar-refractivity contribution < 1.29 is 5.11 Å². The normalized spacial score (nSPS) is 30.8. The van der Waals surface area contributed by atoms with Gasteiger partial charge in [-0.3, -0.25) is 0 Å². The minimum atomic E-state index is -0.133. The number of nitrogens with one attached hydrogen (secondary N) is 1. The number of hydrogen-bond donors (Lipinski definition) is 2. The van der Waals surface area contributed by atoms with Crippen LogP contribution in [-0.2, 0) is 13.0 Å². The Bertz CT molecular complexity index is 716. The first-order chi connectivity index (χ1) is 10.8. The van der Waals surface area contributed by atoms with Gasteiger partial charge >= 0.3 is 0 Å². The standard InChI is InChI=1S/C16H20N4OS/c21-11-5-9-1-2-10(6-11)20(9)15-14-12-3-4-17-7-13(12)22-16(14)19-8-18-15/h8-11,17,21H,1-7H2/t9-,10+,11?. The average Bonchev–Trinajstić information content (AvgIpc) is 3.03. The highest BCUT2D eigenvalue weighted by Gasteiger charge is 2.42. The number of hydrogen-bond acceptors (Lipinski definition) is 6. The number of nitrogens with zero attached hydrogens (tertiary/aromatic N) is 3. The van der Waals surface area contributed by atoms with Crippen LogP contribution in [0.25, 0.3) is 10.2 Å². The van der Waals surface area contributed by atoms with E-state index in [0.29, 0.717) is 12.1 Å². The fourth-order valence-electron chi connectivity index (χ4n) is 4.53. The van der Waals surface area contributed by atoms with E-state index in [2.05, 4.69) is 15.2 Å². The second kappa shape index (κ2) is 4.88. The summed E-state index contributed by atoms with van der Waals surface area (Å²) in [7, 11) is 0. The largest absolute Gasteiger partial charge is 0.393 e. The third kappa shape index (κ3) is 1.84. The summed E-state index contributed by atoms with van der Waals surface area (Å²) < 4.78 is 0. The van der Waals surface area contributed by atoms with Gasteiger partial charge in [0.25, 0.3) is 0 Å². The van der Waals surface area contributed by atoms with Crippen LogP contribution in [-0.4, -0.2) is 39.8 Å². The molecule has 3 aliphatic heterocycles. The van der Waals surface area contributed by atoms with Crippen LogP contribution in [0.15, 0.2) is 6.33 Å². The van der Waals surface area contributed by atoms with Crippen molar-refractivity contribution >= 4 is 27.4 Å². The highest BCUT2D eigenvalue weighted by atomic mass is 32.1. The van der Waals surface area contributed by atoms with Crippen molar-refractivity contribution in [3.8, 4) is 0 Å². The highest BCUT2D eigenvalue weighted by Crippen LogP contribution is 2.44. The third-order valence-corrected chi connectivity index (χ3v) is 6.58. The van der Waals surface area contributed by atoms with Crippen LogP contribution >= 0.6 is 11.3 Å². The Labute approximate surface area is 133 Å². The number of aliphatic hydroxyl groups excluding tert-OH is 1. The fraction of sp³-hybridized carbons (Fsp3) is 0.625. The summed E-state index contributed by atoms with van der Waals surface area (Å²) >= 11 is 1.81. The smallest absolute Gasteiger partial charge is 0.141 e. The van der Waals surface area contributed by atoms with Gasteiger partial charge in [0.1, 0.15) is 17.0 Å². The van der Waals surface area contributed by atoms with E-state index < -0.39 is 0 Å². The van der Waals surface area contributed by atoms with E-state index in [-0.39, 0.29) is 6.10 Å². The van der Waals surface area contributed by atoms with Gasteiger partial charge in [-0.05, 0) is 44.2 Å². The summed E-state index contributed by atoms with van der Waals surface area (Å²) in [4.78, 5) is 14.3. The van der Waals surface area contributed by atoms with Gasteiger partial charge in [-0.2, -0.15) is 0 Å². The lowest BCUT2D eigenvalue weighted by molar-refractivity contribution is 0.126. The molecule has 2 bridgehead atoms. The monoisotopic (exact) mass is 316 g/mol.